The van der Waals surface area contributed by atoms with Crippen LogP contribution in [0.15, 0.2) is 6.07 Å². The van der Waals surface area contributed by atoms with Gasteiger partial charge in [-0.15, -0.1) is 13.2 Å². The molecule has 0 bridgehead atoms. The first-order valence-corrected chi connectivity index (χ1v) is 5.35. The van der Waals surface area contributed by atoms with Gasteiger partial charge < -0.3 is 10.5 Å². The average molecular weight is 386 g/mol. The number of rotatable bonds is 2. The molecular formula is C8H5F6IN2O. The fraction of sp³-hybridized carbons (Fsp3) is 0.375. The smallest absolute Gasteiger partial charge is 0.388 e. The van der Waals surface area contributed by atoms with E-state index in [1.165, 1.54) is 22.6 Å². The van der Waals surface area contributed by atoms with Gasteiger partial charge in [0.25, 0.3) is 0 Å². The summed E-state index contributed by atoms with van der Waals surface area (Å²) in [5, 5.41) is 0. The van der Waals surface area contributed by atoms with Crippen LogP contribution >= 0.6 is 22.6 Å². The summed E-state index contributed by atoms with van der Waals surface area (Å²) < 4.78 is 76.6. The van der Waals surface area contributed by atoms with Gasteiger partial charge in [0.2, 0.25) is 5.88 Å². The van der Waals surface area contributed by atoms with E-state index in [-0.39, 0.29) is 15.3 Å². The lowest BCUT2D eigenvalue weighted by atomic mass is 10.1. The van der Waals surface area contributed by atoms with E-state index in [9.17, 15) is 26.3 Å². The summed E-state index contributed by atoms with van der Waals surface area (Å²) in [6.07, 6.45) is -9.94. The molecular weight excluding hydrogens is 381 g/mol. The molecule has 18 heavy (non-hydrogen) atoms. The second-order valence-electron chi connectivity index (χ2n) is 3.03. The third kappa shape index (κ3) is 3.86. The third-order valence-corrected chi connectivity index (χ3v) is 2.67. The van der Waals surface area contributed by atoms with Crippen LogP contribution < -0.4 is 10.5 Å². The highest BCUT2D eigenvalue weighted by Gasteiger charge is 2.37. The maximum Gasteiger partial charge on any atom is 0.574 e. The third-order valence-electron chi connectivity index (χ3n) is 1.78. The fourth-order valence-electron chi connectivity index (χ4n) is 1.14. The van der Waals surface area contributed by atoms with Gasteiger partial charge in [-0.2, -0.15) is 13.2 Å². The van der Waals surface area contributed by atoms with E-state index < -0.39 is 30.5 Å². The van der Waals surface area contributed by atoms with Crippen molar-refractivity contribution in [1.82, 2.24) is 4.98 Å². The van der Waals surface area contributed by atoms with E-state index in [0.717, 1.165) is 0 Å². The van der Waals surface area contributed by atoms with Gasteiger partial charge in [0, 0.05) is 18.2 Å². The number of alkyl halides is 6. The molecule has 2 N–H and O–H groups in total. The van der Waals surface area contributed by atoms with Crippen LogP contribution in [0.2, 0.25) is 0 Å². The summed E-state index contributed by atoms with van der Waals surface area (Å²) in [6.45, 7) is -0.494. The van der Waals surface area contributed by atoms with Gasteiger partial charge in [-0.3, -0.25) is 0 Å². The second kappa shape index (κ2) is 5.07. The zero-order valence-electron chi connectivity index (χ0n) is 8.36. The molecule has 0 aliphatic carbocycles. The van der Waals surface area contributed by atoms with Crippen molar-refractivity contribution < 1.29 is 31.1 Å². The largest absolute Gasteiger partial charge is 0.574 e. The summed E-state index contributed by atoms with van der Waals surface area (Å²) in [5.74, 6) is -1.17. The van der Waals surface area contributed by atoms with Crippen LogP contribution in [0, 0.1) is 3.70 Å². The minimum Gasteiger partial charge on any atom is -0.388 e. The molecule has 1 rings (SSSR count). The predicted molar refractivity (Wildman–Crippen MR) is 56.5 cm³/mol. The number of nitrogens with zero attached hydrogens (tertiary/aromatic N) is 1. The fourth-order valence-corrected chi connectivity index (χ4v) is 1.88. The zero-order chi connectivity index (χ0) is 14.1. The molecule has 0 atom stereocenters. The number of nitrogens with two attached hydrogens (primary N) is 1. The predicted octanol–water partition coefficient (Wildman–Crippen LogP) is 3.06. The molecule has 0 aromatic carbocycles. The average Bonchev–Trinajstić information content (AvgIpc) is 2.12. The minimum atomic E-state index is -5.11. The number of aromatic nitrogens is 1. The van der Waals surface area contributed by atoms with Crippen molar-refractivity contribution in [2.45, 2.75) is 19.1 Å². The Bertz CT molecular complexity index is 444. The molecule has 102 valence electrons. The van der Waals surface area contributed by atoms with Crippen LogP contribution in [0.5, 0.6) is 5.88 Å². The number of halogens is 7. The van der Waals surface area contributed by atoms with Crippen molar-refractivity contribution in [2.24, 2.45) is 5.73 Å². The molecule has 0 spiro atoms. The number of pyridine rings is 1. The maximum atomic E-state index is 12.6. The van der Waals surface area contributed by atoms with E-state index in [1.807, 2.05) is 0 Å². The SMILES string of the molecule is NCc1c(C(F)(F)F)cc(OC(F)(F)F)nc1I. The van der Waals surface area contributed by atoms with Crippen molar-refractivity contribution in [3.8, 4) is 5.88 Å². The van der Waals surface area contributed by atoms with Crippen LogP contribution in [0.25, 0.3) is 0 Å². The molecule has 0 aliphatic heterocycles. The summed E-state index contributed by atoms with van der Waals surface area (Å²) in [6, 6.07) is 0.178. The van der Waals surface area contributed by atoms with Crippen molar-refractivity contribution >= 4 is 22.6 Å². The Hall–Kier alpha value is -0.780. The normalized spacial score (nSPS) is 12.7. The lowest BCUT2D eigenvalue weighted by molar-refractivity contribution is -0.276. The van der Waals surface area contributed by atoms with Gasteiger partial charge in [0.1, 0.15) is 3.70 Å². The quantitative estimate of drug-likeness (QED) is 0.483. The standard InChI is InChI=1S/C8H5F6IN2O/c9-7(10,11)4-1-5(18-8(12,13)14)17-6(15)3(4)2-16/h1H,2,16H2. The number of hydrogen-bond acceptors (Lipinski definition) is 3. The molecule has 10 heteroatoms. The Morgan fingerprint density at radius 1 is 1.22 bits per heavy atom. The molecule has 3 nitrogen and oxygen atoms in total. The van der Waals surface area contributed by atoms with Crippen molar-refractivity contribution in [3.63, 3.8) is 0 Å². The number of hydrogen-bond donors (Lipinski definition) is 1. The van der Waals surface area contributed by atoms with Gasteiger partial charge in [-0.1, -0.05) is 0 Å². The van der Waals surface area contributed by atoms with Gasteiger partial charge in [0.05, 0.1) is 5.56 Å². The van der Waals surface area contributed by atoms with Crippen molar-refractivity contribution in [2.75, 3.05) is 0 Å². The first-order chi connectivity index (χ1) is 8.04. The van der Waals surface area contributed by atoms with E-state index >= 15 is 0 Å². The van der Waals surface area contributed by atoms with Crippen LogP contribution in [-0.4, -0.2) is 11.3 Å². The Morgan fingerprint density at radius 2 is 1.78 bits per heavy atom. The topological polar surface area (TPSA) is 48.1 Å². The van der Waals surface area contributed by atoms with Crippen LogP contribution in [0.1, 0.15) is 11.1 Å². The van der Waals surface area contributed by atoms with Crippen LogP contribution in [0.4, 0.5) is 26.3 Å². The highest BCUT2D eigenvalue weighted by molar-refractivity contribution is 14.1. The first kappa shape index (κ1) is 15.3. The first-order valence-electron chi connectivity index (χ1n) is 4.27. The highest BCUT2D eigenvalue weighted by Crippen LogP contribution is 2.36. The molecule has 0 amide bonds. The van der Waals surface area contributed by atoms with Gasteiger partial charge in [0.15, 0.2) is 0 Å². The van der Waals surface area contributed by atoms with Crippen molar-refractivity contribution in [3.05, 3.63) is 20.9 Å². The van der Waals surface area contributed by atoms with E-state index in [2.05, 4.69) is 9.72 Å². The molecule has 0 saturated heterocycles. The zero-order valence-corrected chi connectivity index (χ0v) is 10.5. The minimum absolute atomic E-state index is 0.178. The number of ether oxygens (including phenoxy) is 1. The second-order valence-corrected chi connectivity index (χ2v) is 4.05. The molecule has 0 radical (unpaired) electrons. The Balaban J connectivity index is 3.31. The lowest BCUT2D eigenvalue weighted by Crippen LogP contribution is -2.20. The summed E-state index contributed by atoms with van der Waals surface area (Å²) in [7, 11) is 0. The summed E-state index contributed by atoms with van der Waals surface area (Å²) in [5.41, 5.74) is 3.45. The van der Waals surface area contributed by atoms with Crippen LogP contribution in [0.3, 0.4) is 0 Å². The highest BCUT2D eigenvalue weighted by atomic mass is 127. The lowest BCUT2D eigenvalue weighted by Gasteiger charge is -2.15. The van der Waals surface area contributed by atoms with Crippen molar-refractivity contribution in [1.29, 1.82) is 0 Å². The molecule has 0 aliphatic rings. The van der Waals surface area contributed by atoms with E-state index in [4.69, 9.17) is 5.73 Å². The molecule has 0 unspecified atom stereocenters. The van der Waals surface area contributed by atoms with E-state index in [0.29, 0.717) is 0 Å². The van der Waals surface area contributed by atoms with Gasteiger partial charge >= 0.3 is 12.5 Å². The molecule has 1 aromatic rings. The van der Waals surface area contributed by atoms with Crippen LogP contribution in [-0.2, 0) is 12.7 Å². The molecule has 0 fully saturated rings. The Labute approximate surface area is 110 Å². The van der Waals surface area contributed by atoms with E-state index in [1.54, 1.807) is 0 Å². The van der Waals surface area contributed by atoms with Gasteiger partial charge in [-0.25, -0.2) is 4.98 Å². The molecule has 1 heterocycles. The molecule has 0 saturated carbocycles. The monoisotopic (exact) mass is 386 g/mol. The maximum absolute atomic E-state index is 12.6. The Morgan fingerprint density at radius 3 is 2.17 bits per heavy atom. The van der Waals surface area contributed by atoms with Gasteiger partial charge in [-0.05, 0) is 22.6 Å². The Kier molecular flexibility index (Phi) is 4.30. The molecule has 1 aromatic heterocycles. The summed E-state index contributed by atoms with van der Waals surface area (Å²) in [4.78, 5) is 3.27. The summed E-state index contributed by atoms with van der Waals surface area (Å²) >= 11 is 1.36.